The van der Waals surface area contributed by atoms with Crippen molar-refractivity contribution < 1.29 is 13.2 Å². The lowest BCUT2D eigenvalue weighted by atomic mass is 9.72. The van der Waals surface area contributed by atoms with Gasteiger partial charge in [0.2, 0.25) is 0 Å². The van der Waals surface area contributed by atoms with E-state index in [4.69, 9.17) is 0 Å². The first-order valence-corrected chi connectivity index (χ1v) is 14.3. The second-order valence-electron chi connectivity index (χ2n) is 11.8. The third-order valence-corrected chi connectivity index (χ3v) is 8.51. The molecular weight excluding hydrogens is 529 g/mol. The van der Waals surface area contributed by atoms with E-state index in [-0.39, 0.29) is 17.5 Å². The Morgan fingerprint density at radius 3 is 2.61 bits per heavy atom. The van der Waals surface area contributed by atoms with Crippen molar-refractivity contribution in [2.45, 2.75) is 71.1 Å². The summed E-state index contributed by atoms with van der Waals surface area (Å²) in [6.07, 6.45) is 6.33. The van der Waals surface area contributed by atoms with Crippen LogP contribution in [0.3, 0.4) is 0 Å². The summed E-state index contributed by atoms with van der Waals surface area (Å²) in [6, 6.07) is 8.94. The van der Waals surface area contributed by atoms with Crippen LogP contribution in [-0.4, -0.2) is 41.7 Å². The molecule has 3 aromatic heterocycles. The monoisotopic (exact) mass is 564 g/mol. The van der Waals surface area contributed by atoms with E-state index in [0.717, 1.165) is 48.0 Å². The Bertz CT molecular complexity index is 1660. The molecule has 1 atom stereocenters. The molecule has 1 saturated carbocycles. The highest BCUT2D eigenvalue weighted by molar-refractivity contribution is 5.58. The van der Waals surface area contributed by atoms with Crippen LogP contribution in [0.1, 0.15) is 80.9 Å². The molecule has 41 heavy (non-hydrogen) atoms. The van der Waals surface area contributed by atoms with Gasteiger partial charge in [0.1, 0.15) is 12.2 Å². The highest BCUT2D eigenvalue weighted by Crippen LogP contribution is 2.43. The maximum atomic E-state index is 14.3. The Morgan fingerprint density at radius 2 is 1.93 bits per heavy atom. The van der Waals surface area contributed by atoms with Crippen molar-refractivity contribution in [1.29, 1.82) is 0 Å². The number of halogens is 3. The van der Waals surface area contributed by atoms with Gasteiger partial charge in [-0.1, -0.05) is 30.2 Å². The summed E-state index contributed by atoms with van der Waals surface area (Å²) in [7, 11) is 0. The smallest absolute Gasteiger partial charge is 0.315 e. The Morgan fingerprint density at radius 1 is 1.12 bits per heavy atom. The quantitative estimate of drug-likeness (QED) is 0.245. The van der Waals surface area contributed by atoms with Crippen LogP contribution in [0.25, 0.3) is 11.2 Å². The Hall–Kier alpha value is -3.66. The van der Waals surface area contributed by atoms with E-state index in [2.05, 4.69) is 39.6 Å². The molecule has 0 bridgehead atoms. The van der Waals surface area contributed by atoms with Gasteiger partial charge in [0.05, 0.1) is 16.8 Å². The van der Waals surface area contributed by atoms with Gasteiger partial charge < -0.3 is 4.57 Å². The summed E-state index contributed by atoms with van der Waals surface area (Å²) in [5.74, 6) is 1.26. The van der Waals surface area contributed by atoms with Crippen LogP contribution in [0.4, 0.5) is 13.2 Å². The molecule has 4 aromatic rings. The molecule has 1 fully saturated rings. The van der Waals surface area contributed by atoms with Gasteiger partial charge in [-0.05, 0) is 75.3 Å². The number of alkyl halides is 3. The van der Waals surface area contributed by atoms with E-state index in [1.165, 1.54) is 22.4 Å². The minimum absolute atomic E-state index is 0.0132. The number of nitrogens with zero attached hydrogens (tertiary/aromatic N) is 6. The van der Waals surface area contributed by atoms with Crippen LogP contribution < -0.4 is 5.69 Å². The number of pyridine rings is 1. The van der Waals surface area contributed by atoms with E-state index in [1.807, 2.05) is 25.1 Å². The largest absolute Gasteiger partial charge is 0.418 e. The zero-order valence-corrected chi connectivity index (χ0v) is 23.6. The molecule has 0 N–H and O–H groups in total. The SMILES string of the molecule is CC1=CCCN(Cc2cc(C(F)(F)F)c3cn(-c4cccc(C(c5nncn5C(C)C)C5CCC5)c4)c(=O)n3c2)C1. The summed E-state index contributed by atoms with van der Waals surface area (Å²) < 4.78 is 47.4. The number of fused-ring (bicyclic) bond motifs is 1. The Labute approximate surface area is 236 Å². The van der Waals surface area contributed by atoms with Gasteiger partial charge in [0.25, 0.3) is 0 Å². The summed E-state index contributed by atoms with van der Waals surface area (Å²) in [6.45, 7) is 8.02. The molecule has 0 saturated heterocycles. The highest BCUT2D eigenvalue weighted by atomic mass is 19.4. The molecular formula is C31H35F3N6O. The van der Waals surface area contributed by atoms with Crippen molar-refractivity contribution in [2.75, 3.05) is 13.1 Å². The second kappa shape index (κ2) is 10.6. The fraction of sp³-hybridized carbons (Fsp3) is 0.452. The predicted molar refractivity (Wildman–Crippen MR) is 151 cm³/mol. The molecule has 7 nitrogen and oxygen atoms in total. The van der Waals surface area contributed by atoms with Crippen molar-refractivity contribution in [2.24, 2.45) is 5.92 Å². The van der Waals surface area contributed by atoms with Gasteiger partial charge in [-0.15, -0.1) is 10.2 Å². The van der Waals surface area contributed by atoms with Gasteiger partial charge >= 0.3 is 11.9 Å². The van der Waals surface area contributed by atoms with E-state index in [1.54, 1.807) is 18.6 Å². The Kier molecular flexibility index (Phi) is 7.13. The average Bonchev–Trinajstić information content (AvgIpc) is 3.50. The number of hydrogen-bond acceptors (Lipinski definition) is 4. The van der Waals surface area contributed by atoms with E-state index in [9.17, 15) is 18.0 Å². The zero-order valence-electron chi connectivity index (χ0n) is 23.6. The van der Waals surface area contributed by atoms with E-state index in [0.29, 0.717) is 30.3 Å². The summed E-state index contributed by atoms with van der Waals surface area (Å²) in [5.41, 5.74) is 1.70. The number of benzene rings is 1. The molecule has 0 amide bonds. The molecule has 1 aliphatic carbocycles. The fourth-order valence-electron chi connectivity index (χ4n) is 6.27. The predicted octanol–water partition coefficient (Wildman–Crippen LogP) is 6.37. The standard InChI is InChI=1S/C31H35F3N6O/c1-20(2)40-19-35-36-29(40)28(23-8-4-9-23)24-10-5-11-25(14-24)38-18-27-26(31(32,33)34)13-22(17-39(27)30(38)41)16-37-12-6-7-21(3)15-37/h5,7,10-11,13-14,17-20,23,28H,4,6,8-9,12,15-16H2,1-3H3. The van der Waals surface area contributed by atoms with Gasteiger partial charge in [0.15, 0.2) is 0 Å². The summed E-state index contributed by atoms with van der Waals surface area (Å²) in [5, 5.41) is 8.66. The average molecular weight is 565 g/mol. The lowest BCUT2D eigenvalue weighted by Gasteiger charge is -2.34. The lowest BCUT2D eigenvalue weighted by molar-refractivity contribution is -0.136. The number of hydrogen-bond donors (Lipinski definition) is 0. The first-order valence-electron chi connectivity index (χ1n) is 14.3. The molecule has 1 unspecified atom stereocenters. The maximum Gasteiger partial charge on any atom is 0.418 e. The fourth-order valence-corrected chi connectivity index (χ4v) is 6.27. The van der Waals surface area contributed by atoms with Crippen molar-refractivity contribution in [3.8, 4) is 5.69 Å². The normalized spacial score (nSPS) is 17.7. The Balaban J connectivity index is 1.43. The third-order valence-electron chi connectivity index (χ3n) is 8.51. The molecule has 2 aliphatic rings. The molecule has 1 aliphatic heterocycles. The lowest BCUT2D eigenvalue weighted by Crippen LogP contribution is -2.29. The first kappa shape index (κ1) is 27.5. The van der Waals surface area contributed by atoms with E-state index >= 15 is 0 Å². The summed E-state index contributed by atoms with van der Waals surface area (Å²) >= 11 is 0. The molecule has 6 rings (SSSR count). The molecule has 4 heterocycles. The minimum Gasteiger partial charge on any atom is -0.315 e. The minimum atomic E-state index is -4.60. The van der Waals surface area contributed by atoms with Crippen LogP contribution in [0, 0.1) is 5.92 Å². The summed E-state index contributed by atoms with van der Waals surface area (Å²) in [4.78, 5) is 15.8. The van der Waals surface area contributed by atoms with Crippen LogP contribution >= 0.6 is 0 Å². The molecule has 1 aromatic carbocycles. The molecule has 10 heteroatoms. The van der Waals surface area contributed by atoms with Gasteiger partial charge in [-0.3, -0.25) is 13.9 Å². The molecule has 216 valence electrons. The van der Waals surface area contributed by atoms with Crippen molar-refractivity contribution in [1.82, 2.24) is 28.6 Å². The maximum absolute atomic E-state index is 14.3. The van der Waals surface area contributed by atoms with Crippen LogP contribution in [0.2, 0.25) is 0 Å². The van der Waals surface area contributed by atoms with Crippen molar-refractivity contribution in [3.63, 3.8) is 0 Å². The van der Waals surface area contributed by atoms with Crippen molar-refractivity contribution >= 4 is 5.52 Å². The highest BCUT2D eigenvalue weighted by Gasteiger charge is 2.36. The molecule has 0 radical (unpaired) electrons. The van der Waals surface area contributed by atoms with Crippen molar-refractivity contribution in [3.05, 3.63) is 93.7 Å². The zero-order chi connectivity index (χ0) is 28.9. The van der Waals surface area contributed by atoms with Crippen LogP contribution in [0.5, 0.6) is 0 Å². The second-order valence-corrected chi connectivity index (χ2v) is 11.8. The first-order chi connectivity index (χ1) is 19.6. The van der Waals surface area contributed by atoms with Gasteiger partial charge in [-0.25, -0.2) is 4.79 Å². The molecule has 0 spiro atoms. The van der Waals surface area contributed by atoms with Crippen LogP contribution in [0.15, 0.2) is 65.5 Å². The third kappa shape index (κ3) is 5.25. The number of rotatable bonds is 7. The topological polar surface area (TPSA) is 60.4 Å². The van der Waals surface area contributed by atoms with Gasteiger partial charge in [0, 0.05) is 44.0 Å². The van der Waals surface area contributed by atoms with Crippen LogP contribution in [-0.2, 0) is 12.7 Å². The number of imidazole rings is 1. The number of aromatic nitrogens is 5. The van der Waals surface area contributed by atoms with E-state index < -0.39 is 17.4 Å². The van der Waals surface area contributed by atoms with Gasteiger partial charge in [-0.2, -0.15) is 13.2 Å².